The molecule has 82 valence electrons. The molecule has 1 amide bonds. The topological polar surface area (TPSA) is 58.6 Å². The van der Waals surface area contributed by atoms with Crippen LogP contribution in [0.1, 0.15) is 6.92 Å². The molecule has 0 aromatic rings. The Kier molecular flexibility index (Phi) is 6.96. The van der Waals surface area contributed by atoms with Crippen LogP contribution in [-0.2, 0) is 14.3 Å². The number of methoxy groups -OCH3 is 1. The van der Waals surface area contributed by atoms with Crippen LogP contribution in [0, 0.1) is 0 Å². The molecule has 0 aromatic heterocycles. The molecule has 0 aliphatic heterocycles. The van der Waals surface area contributed by atoms with Crippen molar-refractivity contribution in [3.05, 3.63) is 0 Å². The quantitative estimate of drug-likeness (QED) is 0.591. The summed E-state index contributed by atoms with van der Waals surface area (Å²) in [6, 6.07) is 0. The number of ether oxygens (including phenoxy) is 1. The molecule has 0 fully saturated rings. The maximum Gasteiger partial charge on any atom is 0.234 e. The second-order valence-electron chi connectivity index (χ2n) is 3.10. The lowest BCUT2D eigenvalue weighted by Crippen LogP contribution is -2.38. The Morgan fingerprint density at radius 1 is 1.36 bits per heavy atom. The fraction of sp³-hybridized carbons (Fsp3) is 0.778. The van der Waals surface area contributed by atoms with E-state index in [0.717, 1.165) is 0 Å². The maximum absolute atomic E-state index is 11.1. The van der Waals surface area contributed by atoms with Gasteiger partial charge in [0.2, 0.25) is 5.91 Å². The molecule has 0 spiro atoms. The average molecular weight is 202 g/mol. The first-order valence-electron chi connectivity index (χ1n) is 4.56. The summed E-state index contributed by atoms with van der Waals surface area (Å²) in [6.45, 7) is 3.04. The van der Waals surface area contributed by atoms with E-state index in [4.69, 9.17) is 0 Å². The van der Waals surface area contributed by atoms with Crippen LogP contribution in [0.2, 0.25) is 0 Å². The van der Waals surface area contributed by atoms with E-state index < -0.39 is 0 Å². The van der Waals surface area contributed by atoms with Crippen molar-refractivity contribution in [1.29, 1.82) is 0 Å². The summed E-state index contributed by atoms with van der Waals surface area (Å²) in [5.41, 5.74) is 0. The molecule has 0 saturated heterocycles. The molecule has 0 rings (SSSR count). The van der Waals surface area contributed by atoms with Gasteiger partial charge >= 0.3 is 0 Å². The highest BCUT2D eigenvalue weighted by atomic mass is 16.5. The van der Waals surface area contributed by atoms with E-state index in [1.165, 1.54) is 7.11 Å². The number of Topliss-reactive ketones (excluding diaryl/α,β-unsaturated/α-hetero) is 1. The van der Waals surface area contributed by atoms with Gasteiger partial charge in [-0.05, 0) is 14.0 Å². The second-order valence-corrected chi connectivity index (χ2v) is 3.10. The molecule has 1 N–H and O–H groups in total. The fourth-order valence-electron chi connectivity index (χ4n) is 1.06. The molecular weight excluding hydrogens is 184 g/mol. The zero-order chi connectivity index (χ0) is 11.0. The van der Waals surface area contributed by atoms with Gasteiger partial charge in [0, 0.05) is 13.7 Å². The summed E-state index contributed by atoms with van der Waals surface area (Å²) >= 11 is 0. The van der Waals surface area contributed by atoms with Gasteiger partial charge in [-0.3, -0.25) is 14.5 Å². The third-order valence-corrected chi connectivity index (χ3v) is 1.54. The van der Waals surface area contributed by atoms with Crippen LogP contribution in [0.5, 0.6) is 0 Å². The minimum absolute atomic E-state index is 0.0284. The number of hydrogen-bond acceptors (Lipinski definition) is 4. The standard InChI is InChI=1S/C9H18N2O3/c1-4-10-9(13)6-11(2)5-8(12)7-14-3/h4-7H2,1-3H3,(H,10,13). The van der Waals surface area contributed by atoms with Crippen molar-refractivity contribution >= 4 is 11.7 Å². The maximum atomic E-state index is 11.1. The fourth-order valence-corrected chi connectivity index (χ4v) is 1.06. The molecule has 0 aliphatic rings. The summed E-state index contributed by atoms with van der Waals surface area (Å²) in [6.07, 6.45) is 0. The third-order valence-electron chi connectivity index (χ3n) is 1.54. The van der Waals surface area contributed by atoms with Crippen molar-refractivity contribution in [2.75, 3.05) is 40.4 Å². The highest BCUT2D eigenvalue weighted by Gasteiger charge is 2.09. The second kappa shape index (κ2) is 7.46. The number of carbonyl (C=O) groups is 2. The molecule has 0 atom stereocenters. The van der Waals surface area contributed by atoms with Crippen molar-refractivity contribution < 1.29 is 14.3 Å². The van der Waals surface area contributed by atoms with Crippen LogP contribution in [0.25, 0.3) is 0 Å². The molecule has 5 heteroatoms. The van der Waals surface area contributed by atoms with Gasteiger partial charge in [0.15, 0.2) is 5.78 Å². The van der Waals surface area contributed by atoms with Gasteiger partial charge in [0.25, 0.3) is 0 Å². The Morgan fingerprint density at radius 2 is 2.00 bits per heavy atom. The minimum atomic E-state index is -0.0692. The van der Waals surface area contributed by atoms with Gasteiger partial charge in [-0.15, -0.1) is 0 Å². The summed E-state index contributed by atoms with van der Waals surface area (Å²) in [5.74, 6) is -0.0977. The van der Waals surface area contributed by atoms with Crippen molar-refractivity contribution in [2.24, 2.45) is 0 Å². The number of amides is 1. The summed E-state index contributed by atoms with van der Waals surface area (Å²) in [4.78, 5) is 23.9. The van der Waals surface area contributed by atoms with E-state index in [1.54, 1.807) is 11.9 Å². The molecular formula is C9H18N2O3. The monoisotopic (exact) mass is 202 g/mol. The number of nitrogens with one attached hydrogen (secondary N) is 1. The van der Waals surface area contributed by atoms with Gasteiger partial charge in [-0.25, -0.2) is 0 Å². The summed E-state index contributed by atoms with van der Waals surface area (Å²) in [7, 11) is 3.20. The summed E-state index contributed by atoms with van der Waals surface area (Å²) in [5, 5.41) is 2.66. The Hall–Kier alpha value is -0.940. The molecule has 5 nitrogen and oxygen atoms in total. The lowest BCUT2D eigenvalue weighted by Gasteiger charge is -2.14. The van der Waals surface area contributed by atoms with Gasteiger partial charge in [-0.1, -0.05) is 0 Å². The van der Waals surface area contributed by atoms with Crippen LogP contribution in [0.15, 0.2) is 0 Å². The van der Waals surface area contributed by atoms with Gasteiger partial charge in [-0.2, -0.15) is 0 Å². The van der Waals surface area contributed by atoms with Crippen molar-refractivity contribution in [3.63, 3.8) is 0 Å². The minimum Gasteiger partial charge on any atom is -0.377 e. The number of nitrogens with zero attached hydrogens (tertiary/aromatic N) is 1. The highest BCUT2D eigenvalue weighted by Crippen LogP contribution is 1.84. The zero-order valence-corrected chi connectivity index (χ0v) is 9.00. The van der Waals surface area contributed by atoms with E-state index in [-0.39, 0.29) is 31.4 Å². The first-order chi connectivity index (χ1) is 6.60. The Morgan fingerprint density at radius 3 is 2.50 bits per heavy atom. The average Bonchev–Trinajstić information content (AvgIpc) is 2.03. The number of ketones is 1. The predicted octanol–water partition coefficient (Wildman–Crippen LogP) is -0.730. The molecule has 0 aromatic carbocycles. The van der Waals surface area contributed by atoms with Crippen LogP contribution in [-0.4, -0.2) is 57.0 Å². The first kappa shape index (κ1) is 13.1. The molecule has 0 saturated carbocycles. The largest absolute Gasteiger partial charge is 0.377 e. The normalized spacial score (nSPS) is 10.3. The lowest BCUT2D eigenvalue weighted by atomic mass is 10.3. The van der Waals surface area contributed by atoms with E-state index >= 15 is 0 Å². The number of likely N-dealkylation sites (N-methyl/N-ethyl adjacent to an activating group) is 2. The van der Waals surface area contributed by atoms with Crippen LogP contribution in [0.3, 0.4) is 0 Å². The zero-order valence-electron chi connectivity index (χ0n) is 9.00. The van der Waals surface area contributed by atoms with Crippen LogP contribution < -0.4 is 5.32 Å². The predicted molar refractivity (Wildman–Crippen MR) is 53.1 cm³/mol. The van der Waals surface area contributed by atoms with E-state index in [2.05, 4.69) is 10.1 Å². The molecule has 0 bridgehead atoms. The SMILES string of the molecule is CCNC(=O)CN(C)CC(=O)COC. The van der Waals surface area contributed by atoms with Crippen molar-refractivity contribution in [3.8, 4) is 0 Å². The van der Waals surface area contributed by atoms with E-state index in [0.29, 0.717) is 6.54 Å². The van der Waals surface area contributed by atoms with Gasteiger partial charge in [0.05, 0.1) is 13.1 Å². The number of carbonyl (C=O) groups excluding carboxylic acids is 2. The Balaban J connectivity index is 3.68. The van der Waals surface area contributed by atoms with Crippen LogP contribution in [0.4, 0.5) is 0 Å². The molecule has 0 unspecified atom stereocenters. The smallest absolute Gasteiger partial charge is 0.234 e. The van der Waals surface area contributed by atoms with Crippen molar-refractivity contribution in [1.82, 2.24) is 10.2 Å². The lowest BCUT2D eigenvalue weighted by molar-refractivity contribution is -0.125. The summed E-state index contributed by atoms with van der Waals surface area (Å²) < 4.78 is 4.68. The van der Waals surface area contributed by atoms with E-state index in [1.807, 2.05) is 6.92 Å². The van der Waals surface area contributed by atoms with Crippen LogP contribution >= 0.6 is 0 Å². The Labute approximate surface area is 84.4 Å². The number of hydrogen-bond donors (Lipinski definition) is 1. The van der Waals surface area contributed by atoms with Gasteiger partial charge < -0.3 is 10.1 Å². The first-order valence-corrected chi connectivity index (χ1v) is 4.56. The molecule has 0 radical (unpaired) electrons. The molecule has 0 heterocycles. The highest BCUT2D eigenvalue weighted by molar-refractivity contribution is 5.83. The third kappa shape index (κ3) is 6.56. The molecule has 14 heavy (non-hydrogen) atoms. The molecule has 0 aliphatic carbocycles. The van der Waals surface area contributed by atoms with E-state index in [9.17, 15) is 9.59 Å². The van der Waals surface area contributed by atoms with Crippen molar-refractivity contribution in [2.45, 2.75) is 6.92 Å². The Bertz CT molecular complexity index is 174. The van der Waals surface area contributed by atoms with Gasteiger partial charge in [0.1, 0.15) is 6.61 Å². The number of rotatable bonds is 7.